The van der Waals surface area contributed by atoms with Crippen LogP contribution in [0, 0.1) is 5.92 Å². The highest BCUT2D eigenvalue weighted by Gasteiger charge is 2.38. The number of hydrogen-bond donors (Lipinski definition) is 2. The zero-order valence-corrected chi connectivity index (χ0v) is 14.5. The second kappa shape index (κ2) is 8.15. The number of rotatable bonds is 8. The van der Waals surface area contributed by atoms with Crippen LogP contribution in [-0.2, 0) is 11.2 Å². The van der Waals surface area contributed by atoms with Crippen LogP contribution in [0.15, 0.2) is 24.3 Å². The van der Waals surface area contributed by atoms with Gasteiger partial charge in [0.25, 0.3) is 5.91 Å². The molecule has 0 radical (unpaired) electrons. The summed E-state index contributed by atoms with van der Waals surface area (Å²) in [4.78, 5) is 25.2. The van der Waals surface area contributed by atoms with Crippen LogP contribution in [0.3, 0.4) is 0 Å². The van der Waals surface area contributed by atoms with Gasteiger partial charge in [0.2, 0.25) is 0 Å². The van der Waals surface area contributed by atoms with Crippen molar-refractivity contribution in [1.29, 1.82) is 0 Å². The van der Waals surface area contributed by atoms with Gasteiger partial charge in [-0.05, 0) is 36.5 Å². The third-order valence-electron chi connectivity index (χ3n) is 3.98. The lowest BCUT2D eigenvalue weighted by Gasteiger charge is -2.18. The summed E-state index contributed by atoms with van der Waals surface area (Å²) >= 11 is 0. The van der Waals surface area contributed by atoms with E-state index in [-0.39, 0.29) is 19.1 Å². The molecule has 6 nitrogen and oxygen atoms in total. The van der Waals surface area contributed by atoms with E-state index in [9.17, 15) is 14.7 Å². The first kappa shape index (κ1) is 18.3. The molecule has 0 saturated carbocycles. The van der Waals surface area contributed by atoms with Gasteiger partial charge >= 0.3 is 6.03 Å². The van der Waals surface area contributed by atoms with Crippen LogP contribution in [-0.4, -0.2) is 47.2 Å². The average Bonchev–Trinajstić information content (AvgIpc) is 2.80. The Kier molecular flexibility index (Phi) is 6.20. The molecule has 1 aromatic carbocycles. The van der Waals surface area contributed by atoms with Crippen molar-refractivity contribution in [3.05, 3.63) is 29.8 Å². The number of nitrogens with zero attached hydrogens (tertiary/aromatic N) is 1. The molecule has 0 aromatic heterocycles. The lowest BCUT2D eigenvalue weighted by molar-refractivity contribution is -0.128. The minimum atomic E-state index is -0.927. The summed E-state index contributed by atoms with van der Waals surface area (Å²) in [7, 11) is 0. The van der Waals surface area contributed by atoms with Crippen molar-refractivity contribution in [2.24, 2.45) is 5.92 Å². The number of amides is 3. The summed E-state index contributed by atoms with van der Waals surface area (Å²) in [6.07, 6.45) is 0.618. The van der Waals surface area contributed by atoms with E-state index in [1.165, 1.54) is 5.56 Å². The van der Waals surface area contributed by atoms with Crippen LogP contribution >= 0.6 is 0 Å². The largest absolute Gasteiger partial charge is 0.491 e. The van der Waals surface area contributed by atoms with Crippen LogP contribution < -0.4 is 10.1 Å². The number of urea groups is 1. The Morgan fingerprint density at radius 3 is 2.50 bits per heavy atom. The molecule has 6 heteroatoms. The molecule has 0 unspecified atom stereocenters. The minimum Gasteiger partial charge on any atom is -0.491 e. The number of nitrogens with one attached hydrogen (secondary N) is 1. The maximum absolute atomic E-state index is 12.2. The molecule has 0 bridgehead atoms. The van der Waals surface area contributed by atoms with Gasteiger partial charge in [0.05, 0.1) is 6.54 Å². The fourth-order valence-electron chi connectivity index (χ4n) is 2.66. The van der Waals surface area contributed by atoms with Crippen molar-refractivity contribution in [3.63, 3.8) is 0 Å². The maximum atomic E-state index is 12.2. The van der Waals surface area contributed by atoms with Gasteiger partial charge in [-0.15, -0.1) is 0 Å². The quantitative estimate of drug-likeness (QED) is 0.712. The van der Waals surface area contributed by atoms with Crippen molar-refractivity contribution >= 4 is 11.9 Å². The molecule has 0 aliphatic carbocycles. The summed E-state index contributed by atoms with van der Waals surface area (Å²) in [5.74, 6) is 0.680. The number of aliphatic hydroxyl groups is 1. The number of aliphatic hydroxyl groups excluding tert-OH is 1. The van der Waals surface area contributed by atoms with E-state index >= 15 is 0 Å². The molecule has 1 saturated heterocycles. The lowest BCUT2D eigenvalue weighted by Crippen LogP contribution is -2.40. The van der Waals surface area contributed by atoms with Gasteiger partial charge in [-0.1, -0.05) is 32.9 Å². The predicted octanol–water partition coefficient (Wildman–Crippen LogP) is 1.96. The second-order valence-electron chi connectivity index (χ2n) is 6.54. The summed E-state index contributed by atoms with van der Waals surface area (Å²) in [6, 6.07) is 6.69. The summed E-state index contributed by atoms with van der Waals surface area (Å²) in [5.41, 5.74) is 1.21. The van der Waals surface area contributed by atoms with Gasteiger partial charge in [0, 0.05) is 0 Å². The van der Waals surface area contributed by atoms with Gasteiger partial charge in [-0.3, -0.25) is 9.69 Å². The second-order valence-corrected chi connectivity index (χ2v) is 6.54. The highest BCUT2D eigenvalue weighted by molar-refractivity contribution is 6.04. The number of hydrogen-bond acceptors (Lipinski definition) is 4. The molecule has 1 heterocycles. The third kappa shape index (κ3) is 4.71. The van der Waals surface area contributed by atoms with Crippen molar-refractivity contribution in [2.75, 3.05) is 13.2 Å². The standard InChI is InChI=1S/C18H26N2O4/c1-4-13-5-7-15(8-6-13)24-11-14(21)10-20-17(22)16(9-12(2)3)19-18(20)23/h5-8,12,14,16,21H,4,9-11H2,1-3H3,(H,19,23)/t14-,16-/m0/s1. The highest BCUT2D eigenvalue weighted by atomic mass is 16.5. The Labute approximate surface area is 142 Å². The zero-order valence-electron chi connectivity index (χ0n) is 14.5. The van der Waals surface area contributed by atoms with Gasteiger partial charge in [-0.25, -0.2) is 4.79 Å². The number of carbonyl (C=O) groups excluding carboxylic acids is 2. The van der Waals surface area contributed by atoms with Gasteiger partial charge in [0.1, 0.15) is 24.5 Å². The van der Waals surface area contributed by atoms with Crippen LogP contribution in [0.4, 0.5) is 4.79 Å². The fraction of sp³-hybridized carbons (Fsp3) is 0.556. The number of carbonyl (C=O) groups is 2. The zero-order chi connectivity index (χ0) is 17.7. The predicted molar refractivity (Wildman–Crippen MR) is 90.8 cm³/mol. The molecule has 2 atom stereocenters. The molecule has 24 heavy (non-hydrogen) atoms. The highest BCUT2D eigenvalue weighted by Crippen LogP contribution is 2.16. The first-order valence-corrected chi connectivity index (χ1v) is 8.42. The van der Waals surface area contributed by atoms with E-state index in [0.717, 1.165) is 11.3 Å². The number of aryl methyl sites for hydroxylation is 1. The molecule has 1 aliphatic heterocycles. The topological polar surface area (TPSA) is 78.9 Å². The molecule has 1 aliphatic rings. The molecule has 1 fully saturated rings. The molecular formula is C18H26N2O4. The lowest BCUT2D eigenvalue weighted by atomic mass is 10.0. The number of β-amino-alcohol motifs (C(OH)–C–C–N with tert-alkyl or cyclic N) is 1. The molecule has 0 spiro atoms. The fourth-order valence-corrected chi connectivity index (χ4v) is 2.66. The summed E-state index contributed by atoms with van der Waals surface area (Å²) in [5, 5.41) is 12.7. The summed E-state index contributed by atoms with van der Waals surface area (Å²) < 4.78 is 5.52. The Hall–Kier alpha value is -2.08. The molecule has 3 amide bonds. The molecule has 132 valence electrons. The van der Waals surface area contributed by atoms with Crippen molar-refractivity contribution in [1.82, 2.24) is 10.2 Å². The van der Waals surface area contributed by atoms with Gasteiger partial charge in [-0.2, -0.15) is 0 Å². The van der Waals surface area contributed by atoms with E-state index in [4.69, 9.17) is 4.74 Å². The minimum absolute atomic E-state index is 0.0252. The first-order valence-electron chi connectivity index (χ1n) is 8.42. The average molecular weight is 334 g/mol. The van der Waals surface area contributed by atoms with Crippen LogP contribution in [0.1, 0.15) is 32.8 Å². The molecule has 2 rings (SSSR count). The Morgan fingerprint density at radius 1 is 1.25 bits per heavy atom. The molecule has 2 N–H and O–H groups in total. The van der Waals surface area contributed by atoms with Crippen LogP contribution in [0.5, 0.6) is 5.75 Å². The normalized spacial score (nSPS) is 18.9. The smallest absolute Gasteiger partial charge is 0.324 e. The van der Waals surface area contributed by atoms with Gasteiger partial charge in [0.15, 0.2) is 0 Å². The third-order valence-corrected chi connectivity index (χ3v) is 3.98. The van der Waals surface area contributed by atoms with E-state index in [2.05, 4.69) is 12.2 Å². The Balaban J connectivity index is 1.83. The summed E-state index contributed by atoms with van der Waals surface area (Å²) in [6.45, 7) is 6.02. The Bertz CT molecular complexity index is 571. The molecule has 1 aromatic rings. The number of imide groups is 1. The molecular weight excluding hydrogens is 308 g/mol. The van der Waals surface area contributed by atoms with Gasteiger partial charge < -0.3 is 15.2 Å². The van der Waals surface area contributed by atoms with E-state index in [1.807, 2.05) is 38.1 Å². The Morgan fingerprint density at radius 2 is 1.92 bits per heavy atom. The first-order chi connectivity index (χ1) is 11.4. The number of benzene rings is 1. The maximum Gasteiger partial charge on any atom is 0.324 e. The van der Waals surface area contributed by atoms with E-state index < -0.39 is 18.2 Å². The van der Waals surface area contributed by atoms with Crippen molar-refractivity contribution < 1.29 is 19.4 Å². The van der Waals surface area contributed by atoms with Crippen LogP contribution in [0.2, 0.25) is 0 Å². The number of ether oxygens (including phenoxy) is 1. The van der Waals surface area contributed by atoms with Crippen molar-refractivity contribution in [2.45, 2.75) is 45.8 Å². The van der Waals surface area contributed by atoms with E-state index in [1.54, 1.807) is 0 Å². The van der Waals surface area contributed by atoms with E-state index in [0.29, 0.717) is 18.1 Å². The SMILES string of the molecule is CCc1ccc(OC[C@@H](O)CN2C(=O)N[C@@H](CC(C)C)C2=O)cc1. The monoisotopic (exact) mass is 334 g/mol. The van der Waals surface area contributed by atoms with Crippen LogP contribution in [0.25, 0.3) is 0 Å². The van der Waals surface area contributed by atoms with Crippen molar-refractivity contribution in [3.8, 4) is 5.75 Å².